The van der Waals surface area contributed by atoms with Crippen LogP contribution in [0.5, 0.6) is 0 Å². The molecule has 1 heterocycles. The zero-order valence-electron chi connectivity index (χ0n) is 9.30. The summed E-state index contributed by atoms with van der Waals surface area (Å²) < 4.78 is 30.6. The Morgan fingerprint density at radius 1 is 1.29 bits per heavy atom. The third kappa shape index (κ3) is 2.84. The summed E-state index contributed by atoms with van der Waals surface area (Å²) in [7, 11) is -3.78. The van der Waals surface area contributed by atoms with Crippen molar-refractivity contribution in [3.8, 4) is 12.3 Å². The van der Waals surface area contributed by atoms with Crippen molar-refractivity contribution in [3.05, 3.63) is 29.8 Å². The molecular weight excluding hydrogens is 239 g/mol. The fourth-order valence-electron chi connectivity index (χ4n) is 1.72. The average Bonchev–Trinajstić information content (AvgIpc) is 2.84. The first-order chi connectivity index (χ1) is 8.12. The Hall–Kier alpha value is -1.38. The molecule has 90 valence electrons. The third-order valence-electron chi connectivity index (χ3n) is 2.64. The highest BCUT2D eigenvalue weighted by Gasteiger charge is 2.23. The van der Waals surface area contributed by atoms with Gasteiger partial charge in [-0.3, -0.25) is 0 Å². The van der Waals surface area contributed by atoms with Gasteiger partial charge < -0.3 is 0 Å². The molecule has 1 aliphatic rings. The van der Waals surface area contributed by atoms with Crippen molar-refractivity contribution in [2.75, 3.05) is 13.1 Å². The molecule has 3 nitrogen and oxygen atoms in total. The first-order valence-electron chi connectivity index (χ1n) is 5.40. The Labute approximate surface area is 101 Å². The predicted molar refractivity (Wildman–Crippen MR) is 66.5 cm³/mol. The number of halogens is 1. The maximum atomic E-state index is 13.9. The highest BCUT2D eigenvalue weighted by atomic mass is 32.3. The number of rotatable bonds is 2. The molecule has 1 saturated heterocycles. The summed E-state index contributed by atoms with van der Waals surface area (Å²) in [6.07, 6.45) is 6.94. The summed E-state index contributed by atoms with van der Waals surface area (Å²) in [6, 6.07) is 6.45. The van der Waals surface area contributed by atoms with Gasteiger partial charge in [0.25, 0.3) is 10.3 Å². The van der Waals surface area contributed by atoms with Crippen molar-refractivity contribution in [1.82, 2.24) is 4.31 Å². The van der Waals surface area contributed by atoms with Crippen LogP contribution >= 0.6 is 0 Å². The lowest BCUT2D eigenvalue weighted by Gasteiger charge is -2.12. The molecule has 5 heteroatoms. The van der Waals surface area contributed by atoms with Gasteiger partial charge in [-0.25, -0.2) is 0 Å². The monoisotopic (exact) mass is 252 g/mol. The van der Waals surface area contributed by atoms with Crippen LogP contribution in [0.2, 0.25) is 0 Å². The first-order valence-corrected chi connectivity index (χ1v) is 6.77. The molecule has 1 aromatic carbocycles. The summed E-state index contributed by atoms with van der Waals surface area (Å²) in [5.74, 6) is 2.45. The molecular formula is C12H13FN2OS. The molecule has 1 aromatic rings. The van der Waals surface area contributed by atoms with Gasteiger partial charge in [0.15, 0.2) is 0 Å². The molecule has 1 fully saturated rings. The maximum Gasteiger partial charge on any atom is 0.275 e. The van der Waals surface area contributed by atoms with E-state index in [-0.39, 0.29) is 0 Å². The lowest BCUT2D eigenvalue weighted by molar-refractivity contribution is 0.492. The van der Waals surface area contributed by atoms with E-state index in [9.17, 15) is 8.09 Å². The van der Waals surface area contributed by atoms with Gasteiger partial charge in [-0.2, -0.15) is 12.9 Å². The number of hydrogen-bond acceptors (Lipinski definition) is 2. The van der Waals surface area contributed by atoms with Crippen LogP contribution in [0.25, 0.3) is 0 Å². The Morgan fingerprint density at radius 2 is 1.88 bits per heavy atom. The molecule has 0 saturated carbocycles. The standard InChI is InChI=1S/C12H13FN2OS/c1-2-11-5-7-12(8-6-11)14-17(13,16)15-9-3-4-10-15/h1,5-8H,3-4,9-10H2. The molecule has 1 unspecified atom stereocenters. The molecule has 0 spiro atoms. The largest absolute Gasteiger partial charge is 0.275 e. The molecule has 0 aromatic heterocycles. The van der Waals surface area contributed by atoms with Gasteiger partial charge in [-0.05, 0) is 37.1 Å². The Bertz CT molecular complexity index is 547. The van der Waals surface area contributed by atoms with Gasteiger partial charge in [0, 0.05) is 18.7 Å². The Balaban J connectivity index is 2.28. The van der Waals surface area contributed by atoms with Crippen LogP contribution in [0.15, 0.2) is 28.6 Å². The lowest BCUT2D eigenvalue weighted by atomic mass is 10.2. The second kappa shape index (κ2) is 4.86. The number of terminal acetylenes is 1. The summed E-state index contributed by atoms with van der Waals surface area (Å²) in [6.45, 7) is 1.00. The normalized spacial score (nSPS) is 19.5. The Kier molecular flexibility index (Phi) is 3.46. The van der Waals surface area contributed by atoms with E-state index in [1.807, 2.05) is 0 Å². The SMILES string of the molecule is C#Cc1ccc(N=S(=O)(F)N2CCCC2)cc1. The minimum Gasteiger partial charge on any atom is -0.199 e. The summed E-state index contributed by atoms with van der Waals surface area (Å²) >= 11 is 0. The second-order valence-corrected chi connectivity index (χ2v) is 5.41. The van der Waals surface area contributed by atoms with Gasteiger partial charge in [-0.15, -0.1) is 10.3 Å². The fourth-order valence-corrected chi connectivity index (χ4v) is 2.93. The van der Waals surface area contributed by atoms with E-state index in [0.717, 1.165) is 12.8 Å². The minimum atomic E-state index is -3.78. The van der Waals surface area contributed by atoms with Crippen molar-refractivity contribution in [2.45, 2.75) is 12.8 Å². The van der Waals surface area contributed by atoms with Crippen LogP contribution in [0.4, 0.5) is 9.57 Å². The van der Waals surface area contributed by atoms with Crippen molar-refractivity contribution < 1.29 is 8.09 Å². The van der Waals surface area contributed by atoms with Crippen LogP contribution < -0.4 is 0 Å². The molecule has 0 amide bonds. The Morgan fingerprint density at radius 3 is 2.41 bits per heavy atom. The van der Waals surface area contributed by atoms with Crippen molar-refractivity contribution in [1.29, 1.82) is 0 Å². The van der Waals surface area contributed by atoms with Crippen molar-refractivity contribution >= 4 is 16.0 Å². The molecule has 0 aliphatic carbocycles. The van der Waals surface area contributed by atoms with E-state index in [1.165, 1.54) is 4.31 Å². The van der Waals surface area contributed by atoms with Crippen molar-refractivity contribution in [2.24, 2.45) is 4.36 Å². The molecule has 1 aliphatic heterocycles. The fraction of sp³-hybridized carbons (Fsp3) is 0.333. The quantitative estimate of drug-likeness (QED) is 0.588. The summed E-state index contributed by atoms with van der Waals surface area (Å²) in [5, 5.41) is 0. The minimum absolute atomic E-state index is 0.350. The van der Waals surface area contributed by atoms with E-state index in [0.29, 0.717) is 24.3 Å². The lowest BCUT2D eigenvalue weighted by Crippen LogP contribution is -2.23. The summed E-state index contributed by atoms with van der Waals surface area (Å²) in [4.78, 5) is 0. The van der Waals surface area contributed by atoms with Crippen LogP contribution in [0, 0.1) is 12.3 Å². The zero-order valence-corrected chi connectivity index (χ0v) is 10.1. The highest BCUT2D eigenvalue weighted by molar-refractivity contribution is 7.86. The topological polar surface area (TPSA) is 32.7 Å². The van der Waals surface area contributed by atoms with E-state index < -0.39 is 10.3 Å². The second-order valence-electron chi connectivity index (χ2n) is 3.85. The molecule has 17 heavy (non-hydrogen) atoms. The van der Waals surface area contributed by atoms with Gasteiger partial charge in [0.1, 0.15) is 0 Å². The van der Waals surface area contributed by atoms with Gasteiger partial charge in [-0.1, -0.05) is 5.92 Å². The van der Waals surface area contributed by atoms with E-state index in [1.54, 1.807) is 24.3 Å². The number of hydrogen-bond donors (Lipinski definition) is 0. The predicted octanol–water partition coefficient (Wildman–Crippen LogP) is 2.66. The zero-order chi connectivity index (χ0) is 12.3. The third-order valence-corrected chi connectivity index (χ3v) is 4.07. The van der Waals surface area contributed by atoms with Gasteiger partial charge in [0.2, 0.25) is 0 Å². The van der Waals surface area contributed by atoms with Crippen LogP contribution in [-0.4, -0.2) is 21.6 Å². The smallest absolute Gasteiger partial charge is 0.199 e. The number of benzene rings is 1. The average molecular weight is 252 g/mol. The number of nitrogens with zero attached hydrogens (tertiary/aromatic N) is 2. The maximum absolute atomic E-state index is 13.9. The van der Waals surface area contributed by atoms with Crippen LogP contribution in [-0.2, 0) is 10.3 Å². The van der Waals surface area contributed by atoms with Gasteiger partial charge >= 0.3 is 0 Å². The molecule has 0 radical (unpaired) electrons. The van der Waals surface area contributed by atoms with Crippen molar-refractivity contribution in [3.63, 3.8) is 0 Å². The molecule has 1 atom stereocenters. The van der Waals surface area contributed by atoms with E-state index in [4.69, 9.17) is 6.42 Å². The van der Waals surface area contributed by atoms with Gasteiger partial charge in [0.05, 0.1) is 5.69 Å². The van der Waals surface area contributed by atoms with Crippen LogP contribution in [0.3, 0.4) is 0 Å². The molecule has 0 N–H and O–H groups in total. The van der Waals surface area contributed by atoms with Crippen LogP contribution in [0.1, 0.15) is 18.4 Å². The first kappa shape index (κ1) is 12.1. The highest BCUT2D eigenvalue weighted by Crippen LogP contribution is 2.22. The van der Waals surface area contributed by atoms with E-state index in [2.05, 4.69) is 10.3 Å². The molecule has 2 rings (SSSR count). The van der Waals surface area contributed by atoms with E-state index >= 15 is 0 Å². The summed E-state index contributed by atoms with van der Waals surface area (Å²) in [5.41, 5.74) is 1.04. The molecule has 0 bridgehead atoms.